The van der Waals surface area contributed by atoms with Crippen molar-refractivity contribution in [1.29, 1.82) is 0 Å². The zero-order chi connectivity index (χ0) is 16.0. The van der Waals surface area contributed by atoms with E-state index in [4.69, 9.17) is 0 Å². The minimum absolute atomic E-state index is 0.158. The highest BCUT2D eigenvalue weighted by atomic mass is 127. The molecule has 1 aliphatic rings. The number of benzene rings is 2. The summed E-state index contributed by atoms with van der Waals surface area (Å²) in [7, 11) is 0. The zero-order valence-electron chi connectivity index (χ0n) is 12.0. The molecule has 3 aromatic rings. The summed E-state index contributed by atoms with van der Waals surface area (Å²) < 4.78 is 2.85. The van der Waals surface area contributed by atoms with Crippen LogP contribution >= 0.6 is 22.6 Å². The predicted octanol–water partition coefficient (Wildman–Crippen LogP) is 3.15. The number of anilines is 1. The first-order valence-electron chi connectivity index (χ1n) is 7.19. The van der Waals surface area contributed by atoms with E-state index in [0.29, 0.717) is 5.69 Å². The number of carbonyl (C=O) groups is 2. The van der Waals surface area contributed by atoms with E-state index in [1.165, 1.54) is 4.90 Å². The van der Waals surface area contributed by atoms with Gasteiger partial charge in [-0.1, -0.05) is 12.1 Å². The lowest BCUT2D eigenvalue weighted by molar-refractivity contribution is -0.122. The molecule has 2 heterocycles. The Morgan fingerprint density at radius 3 is 2.57 bits per heavy atom. The quantitative estimate of drug-likeness (QED) is 0.476. The van der Waals surface area contributed by atoms with Gasteiger partial charge in [0.1, 0.15) is 6.04 Å². The minimum Gasteiger partial charge on any atom is -0.317 e. The van der Waals surface area contributed by atoms with E-state index in [2.05, 4.69) is 27.6 Å². The molecule has 0 spiro atoms. The predicted molar refractivity (Wildman–Crippen MR) is 95.0 cm³/mol. The molecule has 1 aromatic heterocycles. The number of imide groups is 1. The van der Waals surface area contributed by atoms with E-state index in [9.17, 15) is 9.59 Å². The van der Waals surface area contributed by atoms with Crippen molar-refractivity contribution >= 4 is 51.1 Å². The largest absolute Gasteiger partial charge is 0.317 e. The van der Waals surface area contributed by atoms with Gasteiger partial charge in [0.05, 0.1) is 29.5 Å². The Kier molecular flexibility index (Phi) is 3.41. The maximum Gasteiger partial charge on any atom is 0.257 e. The van der Waals surface area contributed by atoms with Crippen molar-refractivity contribution in [1.82, 2.24) is 9.55 Å². The second-order valence-corrected chi connectivity index (χ2v) is 6.65. The van der Waals surface area contributed by atoms with Gasteiger partial charge in [-0.3, -0.25) is 9.59 Å². The van der Waals surface area contributed by atoms with E-state index in [1.807, 2.05) is 36.4 Å². The van der Waals surface area contributed by atoms with E-state index < -0.39 is 6.04 Å². The van der Waals surface area contributed by atoms with Crippen molar-refractivity contribution in [3.05, 3.63) is 58.4 Å². The topological polar surface area (TPSA) is 55.2 Å². The summed E-state index contributed by atoms with van der Waals surface area (Å²) in [5.74, 6) is -0.390. The third kappa shape index (κ3) is 2.33. The molecular weight excluding hydrogens is 405 g/mol. The van der Waals surface area contributed by atoms with Crippen LogP contribution in [0.25, 0.3) is 11.0 Å². The SMILES string of the molecule is O=C1CC(n2cnc3ccccc32)C(=O)N1c1ccc(I)cc1. The molecular formula is C17H12IN3O2. The third-order valence-electron chi connectivity index (χ3n) is 4.02. The van der Waals surface area contributed by atoms with Crippen LogP contribution in [0.1, 0.15) is 12.5 Å². The number of nitrogens with zero attached hydrogens (tertiary/aromatic N) is 3. The van der Waals surface area contributed by atoms with Crippen LogP contribution < -0.4 is 4.90 Å². The standard InChI is InChI=1S/C17H12IN3O2/c18-11-5-7-12(8-6-11)21-16(22)9-15(17(21)23)20-10-19-13-3-1-2-4-14(13)20/h1-8,10,15H,9H2. The van der Waals surface area contributed by atoms with Gasteiger partial charge >= 0.3 is 0 Å². The van der Waals surface area contributed by atoms with Gasteiger partial charge in [-0.05, 0) is 59.0 Å². The van der Waals surface area contributed by atoms with Gasteiger partial charge < -0.3 is 4.57 Å². The highest BCUT2D eigenvalue weighted by molar-refractivity contribution is 14.1. The molecule has 0 N–H and O–H groups in total. The highest BCUT2D eigenvalue weighted by Crippen LogP contribution is 2.31. The fraction of sp³-hybridized carbons (Fsp3) is 0.118. The maximum atomic E-state index is 12.8. The number of carbonyl (C=O) groups excluding carboxylic acids is 2. The Morgan fingerprint density at radius 1 is 1.04 bits per heavy atom. The first-order valence-corrected chi connectivity index (χ1v) is 8.27. The van der Waals surface area contributed by atoms with Crippen LogP contribution in [0.3, 0.4) is 0 Å². The van der Waals surface area contributed by atoms with E-state index in [-0.39, 0.29) is 18.2 Å². The molecule has 2 amide bonds. The maximum absolute atomic E-state index is 12.8. The van der Waals surface area contributed by atoms with Crippen molar-refractivity contribution in [3.63, 3.8) is 0 Å². The number of imidazole rings is 1. The van der Waals surface area contributed by atoms with E-state index in [0.717, 1.165) is 14.6 Å². The second kappa shape index (κ2) is 5.45. The average Bonchev–Trinajstić information content (AvgIpc) is 3.10. The summed E-state index contributed by atoms with van der Waals surface area (Å²) in [6.45, 7) is 0. The number of hydrogen-bond acceptors (Lipinski definition) is 3. The molecule has 1 fully saturated rings. The fourth-order valence-corrected chi connectivity index (χ4v) is 3.28. The van der Waals surface area contributed by atoms with Crippen molar-refractivity contribution in [2.24, 2.45) is 0 Å². The van der Waals surface area contributed by atoms with Crippen LogP contribution in [-0.4, -0.2) is 21.4 Å². The minimum atomic E-state index is -0.533. The molecule has 5 nitrogen and oxygen atoms in total. The van der Waals surface area contributed by atoms with Gasteiger partial charge in [0.25, 0.3) is 5.91 Å². The third-order valence-corrected chi connectivity index (χ3v) is 4.74. The zero-order valence-corrected chi connectivity index (χ0v) is 14.2. The number of para-hydroxylation sites is 2. The van der Waals surface area contributed by atoms with Crippen molar-refractivity contribution in [2.75, 3.05) is 4.90 Å². The normalized spacial score (nSPS) is 18.1. The fourth-order valence-electron chi connectivity index (χ4n) is 2.92. The summed E-state index contributed by atoms with van der Waals surface area (Å²) in [5, 5.41) is 0. The summed E-state index contributed by atoms with van der Waals surface area (Å²) in [6, 6.07) is 14.4. The molecule has 0 bridgehead atoms. The van der Waals surface area contributed by atoms with Crippen molar-refractivity contribution in [2.45, 2.75) is 12.5 Å². The molecule has 0 saturated carbocycles. The Hall–Kier alpha value is -2.22. The molecule has 0 aliphatic carbocycles. The number of rotatable bonds is 2. The van der Waals surface area contributed by atoms with Crippen molar-refractivity contribution in [3.8, 4) is 0 Å². The van der Waals surface area contributed by atoms with Gasteiger partial charge in [-0.25, -0.2) is 9.88 Å². The molecule has 2 aromatic carbocycles. The summed E-state index contributed by atoms with van der Waals surface area (Å²) in [5.41, 5.74) is 2.30. The van der Waals surface area contributed by atoms with Crippen LogP contribution in [0.4, 0.5) is 5.69 Å². The lowest BCUT2D eigenvalue weighted by Crippen LogP contribution is -2.31. The Labute approximate surface area is 146 Å². The highest BCUT2D eigenvalue weighted by Gasteiger charge is 2.41. The van der Waals surface area contributed by atoms with Gasteiger partial charge in [0.2, 0.25) is 5.91 Å². The summed E-state index contributed by atoms with van der Waals surface area (Å²) >= 11 is 2.19. The van der Waals surface area contributed by atoms with Crippen molar-refractivity contribution < 1.29 is 9.59 Å². The molecule has 23 heavy (non-hydrogen) atoms. The molecule has 1 unspecified atom stereocenters. The Morgan fingerprint density at radius 2 is 1.78 bits per heavy atom. The number of aromatic nitrogens is 2. The average molecular weight is 417 g/mol. The molecule has 0 radical (unpaired) electrons. The summed E-state index contributed by atoms with van der Waals surface area (Å²) in [4.78, 5) is 30.8. The van der Waals surface area contributed by atoms with Crippen LogP contribution in [0.5, 0.6) is 0 Å². The number of amides is 2. The summed E-state index contributed by atoms with van der Waals surface area (Å²) in [6.07, 6.45) is 1.79. The van der Waals surface area contributed by atoms with Gasteiger partial charge in [0, 0.05) is 3.57 Å². The molecule has 1 aliphatic heterocycles. The van der Waals surface area contributed by atoms with Gasteiger partial charge in [-0.2, -0.15) is 0 Å². The molecule has 1 saturated heterocycles. The monoisotopic (exact) mass is 417 g/mol. The number of fused-ring (bicyclic) bond motifs is 1. The molecule has 1 atom stereocenters. The van der Waals surface area contributed by atoms with Gasteiger partial charge in [-0.15, -0.1) is 0 Å². The lowest BCUT2D eigenvalue weighted by Gasteiger charge is -2.16. The molecule has 4 rings (SSSR count). The molecule has 6 heteroatoms. The number of halogens is 1. The van der Waals surface area contributed by atoms with Crippen LogP contribution in [0.15, 0.2) is 54.9 Å². The van der Waals surface area contributed by atoms with Crippen LogP contribution in [0, 0.1) is 3.57 Å². The van der Waals surface area contributed by atoms with Crippen LogP contribution in [-0.2, 0) is 9.59 Å². The second-order valence-electron chi connectivity index (χ2n) is 5.40. The Bertz CT molecular complexity index is 917. The van der Waals surface area contributed by atoms with Gasteiger partial charge in [0.15, 0.2) is 0 Å². The number of hydrogen-bond donors (Lipinski definition) is 0. The smallest absolute Gasteiger partial charge is 0.257 e. The lowest BCUT2D eigenvalue weighted by atomic mass is 10.2. The first-order chi connectivity index (χ1) is 11.1. The van der Waals surface area contributed by atoms with E-state index >= 15 is 0 Å². The molecule has 114 valence electrons. The Balaban J connectivity index is 1.74. The van der Waals surface area contributed by atoms with Crippen LogP contribution in [0.2, 0.25) is 0 Å². The first kappa shape index (κ1) is 14.4. The van der Waals surface area contributed by atoms with E-state index in [1.54, 1.807) is 23.0 Å².